The summed E-state index contributed by atoms with van der Waals surface area (Å²) in [6.45, 7) is 1.95. The van der Waals surface area contributed by atoms with E-state index in [9.17, 15) is 14.4 Å². The van der Waals surface area contributed by atoms with Gasteiger partial charge < -0.3 is 4.90 Å². The van der Waals surface area contributed by atoms with Crippen molar-refractivity contribution in [3.63, 3.8) is 0 Å². The zero-order valence-electron chi connectivity index (χ0n) is 11.3. The molecule has 110 valence electrons. The average Bonchev–Trinajstić information content (AvgIpc) is 2.79. The SMILES string of the molecule is C.O=C1CCC(N2Cc3ccccc3C2=O)C(=O)N1.[B]C. The van der Waals surface area contributed by atoms with Gasteiger partial charge in [-0.3, -0.25) is 19.7 Å². The van der Waals surface area contributed by atoms with Crippen LogP contribution in [-0.2, 0) is 16.1 Å². The number of amides is 3. The van der Waals surface area contributed by atoms with Crippen molar-refractivity contribution < 1.29 is 14.4 Å². The highest BCUT2D eigenvalue weighted by Gasteiger charge is 2.38. The Hall–Kier alpha value is -2.11. The van der Waals surface area contributed by atoms with Gasteiger partial charge in [-0.15, -0.1) is 0 Å². The number of nitrogens with one attached hydrogen (secondary N) is 1. The summed E-state index contributed by atoms with van der Waals surface area (Å²) >= 11 is 0. The van der Waals surface area contributed by atoms with E-state index in [1.165, 1.54) is 6.82 Å². The van der Waals surface area contributed by atoms with Crippen molar-refractivity contribution in [1.82, 2.24) is 10.2 Å². The molecule has 1 fully saturated rings. The molecule has 3 rings (SSSR count). The normalized spacial score (nSPS) is 20.0. The number of carbonyl (C=O) groups excluding carboxylic acids is 3. The zero-order valence-corrected chi connectivity index (χ0v) is 11.3. The van der Waals surface area contributed by atoms with Gasteiger partial charge in [0.15, 0.2) is 0 Å². The van der Waals surface area contributed by atoms with Crippen LogP contribution in [-0.4, -0.2) is 36.5 Å². The van der Waals surface area contributed by atoms with E-state index >= 15 is 0 Å². The average molecular weight is 286 g/mol. The lowest BCUT2D eigenvalue weighted by atomic mass is 10.0. The van der Waals surface area contributed by atoms with Crippen molar-refractivity contribution in [3.8, 4) is 0 Å². The highest BCUT2D eigenvalue weighted by atomic mass is 16.2. The molecule has 1 aromatic rings. The Morgan fingerprint density at radius 2 is 1.86 bits per heavy atom. The third-order valence-corrected chi connectivity index (χ3v) is 3.44. The predicted molar refractivity (Wildman–Crippen MR) is 80.8 cm³/mol. The first kappa shape index (κ1) is 16.9. The van der Waals surface area contributed by atoms with Gasteiger partial charge in [0.1, 0.15) is 6.04 Å². The minimum absolute atomic E-state index is 0. The lowest BCUT2D eigenvalue weighted by Crippen LogP contribution is -2.52. The second-order valence-corrected chi connectivity index (χ2v) is 4.56. The summed E-state index contributed by atoms with van der Waals surface area (Å²) in [6.07, 6.45) is 0.695. The van der Waals surface area contributed by atoms with Gasteiger partial charge in [0.2, 0.25) is 11.8 Å². The lowest BCUT2D eigenvalue weighted by molar-refractivity contribution is -0.136. The smallest absolute Gasteiger partial charge is 0.255 e. The molecule has 1 unspecified atom stereocenters. The first-order valence-electron chi connectivity index (χ1n) is 6.47. The van der Waals surface area contributed by atoms with E-state index in [4.69, 9.17) is 0 Å². The van der Waals surface area contributed by atoms with E-state index in [-0.39, 0.29) is 31.6 Å². The molecule has 2 aliphatic heterocycles. The van der Waals surface area contributed by atoms with Crippen LogP contribution in [0.25, 0.3) is 0 Å². The third-order valence-electron chi connectivity index (χ3n) is 3.44. The van der Waals surface area contributed by atoms with Gasteiger partial charge >= 0.3 is 0 Å². The molecule has 1 N–H and O–H groups in total. The summed E-state index contributed by atoms with van der Waals surface area (Å²) in [5.41, 5.74) is 1.59. The second-order valence-electron chi connectivity index (χ2n) is 4.56. The number of carbonyl (C=O) groups is 3. The predicted octanol–water partition coefficient (Wildman–Crippen LogP) is 1.29. The fraction of sp³-hybridized carbons (Fsp3) is 0.400. The number of rotatable bonds is 1. The van der Waals surface area contributed by atoms with Gasteiger partial charge in [-0.25, -0.2) is 0 Å². The minimum atomic E-state index is -0.525. The van der Waals surface area contributed by atoms with Crippen LogP contribution in [0.5, 0.6) is 0 Å². The molecule has 0 spiro atoms. The number of hydrogen-bond donors (Lipinski definition) is 1. The van der Waals surface area contributed by atoms with Crippen LogP contribution in [0.1, 0.15) is 36.2 Å². The zero-order chi connectivity index (χ0) is 14.7. The molecule has 5 nitrogen and oxygen atoms in total. The first-order chi connectivity index (χ1) is 9.66. The van der Waals surface area contributed by atoms with Crippen molar-refractivity contribution in [2.45, 2.75) is 39.7 Å². The maximum Gasteiger partial charge on any atom is 0.255 e. The van der Waals surface area contributed by atoms with E-state index in [2.05, 4.69) is 13.2 Å². The Morgan fingerprint density at radius 3 is 2.48 bits per heavy atom. The fourth-order valence-electron chi connectivity index (χ4n) is 2.51. The van der Waals surface area contributed by atoms with Gasteiger partial charge in [0.05, 0.1) is 7.85 Å². The van der Waals surface area contributed by atoms with Gasteiger partial charge in [0, 0.05) is 18.5 Å². The van der Waals surface area contributed by atoms with Crippen molar-refractivity contribution in [1.29, 1.82) is 0 Å². The molecule has 3 amide bonds. The van der Waals surface area contributed by atoms with E-state index in [1.54, 1.807) is 11.0 Å². The number of imide groups is 1. The maximum atomic E-state index is 12.2. The summed E-state index contributed by atoms with van der Waals surface area (Å²) in [4.78, 5) is 36.6. The minimum Gasteiger partial charge on any atom is -0.322 e. The lowest BCUT2D eigenvalue weighted by Gasteiger charge is -2.29. The summed E-state index contributed by atoms with van der Waals surface area (Å²) in [6, 6.07) is 6.82. The highest BCUT2D eigenvalue weighted by Crippen LogP contribution is 2.26. The quantitative estimate of drug-likeness (QED) is 0.625. The van der Waals surface area contributed by atoms with Crippen LogP contribution in [0.4, 0.5) is 0 Å². The number of piperidine rings is 1. The number of benzene rings is 1. The molecule has 2 heterocycles. The van der Waals surface area contributed by atoms with Crippen LogP contribution in [0.3, 0.4) is 0 Å². The molecule has 0 bridgehead atoms. The number of fused-ring (bicyclic) bond motifs is 1. The van der Waals surface area contributed by atoms with Crippen LogP contribution in [0, 0.1) is 0 Å². The third kappa shape index (κ3) is 3.15. The Kier molecular flexibility index (Phi) is 5.70. The largest absolute Gasteiger partial charge is 0.322 e. The molecular formula is C15H19BN2O3. The summed E-state index contributed by atoms with van der Waals surface area (Å²) in [7, 11) is 4.50. The molecule has 0 aliphatic carbocycles. The maximum absolute atomic E-state index is 12.2. The summed E-state index contributed by atoms with van der Waals surface area (Å²) in [5, 5.41) is 2.28. The second kappa shape index (κ2) is 7.06. The molecule has 2 radical (unpaired) electrons. The topological polar surface area (TPSA) is 66.5 Å². The monoisotopic (exact) mass is 286 g/mol. The van der Waals surface area contributed by atoms with Crippen molar-refractivity contribution in [2.75, 3.05) is 0 Å². The molecule has 2 aliphatic rings. The Balaban J connectivity index is 0.000000706. The van der Waals surface area contributed by atoms with E-state index in [1.807, 2.05) is 18.2 Å². The Bertz CT molecular complexity index is 560. The van der Waals surface area contributed by atoms with Gasteiger partial charge in [-0.1, -0.05) is 32.4 Å². The molecule has 0 saturated carbocycles. The summed E-state index contributed by atoms with van der Waals surface area (Å²) < 4.78 is 0. The van der Waals surface area contributed by atoms with Crippen LogP contribution >= 0.6 is 0 Å². The molecule has 0 aromatic heterocycles. The molecule has 21 heavy (non-hydrogen) atoms. The van der Waals surface area contributed by atoms with Crippen molar-refractivity contribution >= 4 is 25.6 Å². The fourth-order valence-corrected chi connectivity index (χ4v) is 2.51. The number of nitrogens with zero attached hydrogens (tertiary/aromatic N) is 1. The Morgan fingerprint density at radius 1 is 1.19 bits per heavy atom. The summed E-state index contributed by atoms with van der Waals surface area (Å²) in [5.74, 6) is -0.757. The van der Waals surface area contributed by atoms with E-state index in [0.29, 0.717) is 18.5 Å². The van der Waals surface area contributed by atoms with E-state index in [0.717, 1.165) is 5.56 Å². The number of hydrogen-bond acceptors (Lipinski definition) is 3. The van der Waals surface area contributed by atoms with E-state index < -0.39 is 6.04 Å². The molecule has 6 heteroatoms. The molecule has 1 saturated heterocycles. The molecule has 1 atom stereocenters. The van der Waals surface area contributed by atoms with Crippen LogP contribution in [0.15, 0.2) is 24.3 Å². The molecule has 1 aromatic carbocycles. The van der Waals surface area contributed by atoms with Crippen molar-refractivity contribution in [2.24, 2.45) is 0 Å². The van der Waals surface area contributed by atoms with Crippen molar-refractivity contribution in [3.05, 3.63) is 35.4 Å². The van der Waals surface area contributed by atoms with Gasteiger partial charge in [0.25, 0.3) is 5.91 Å². The van der Waals surface area contributed by atoms with Crippen LogP contribution in [0.2, 0.25) is 6.82 Å². The van der Waals surface area contributed by atoms with Crippen LogP contribution < -0.4 is 5.32 Å². The first-order valence-corrected chi connectivity index (χ1v) is 6.47. The standard InChI is InChI=1S/C13H12N2O3.CH3B.CH4/c16-11-6-5-10(12(17)14-11)15-7-8-3-1-2-4-9(8)13(15)18;1-2;/h1-4,10H,5-7H2,(H,14,16,17);1H3;1H4. The highest BCUT2D eigenvalue weighted by molar-refractivity contribution is 6.05. The molecular weight excluding hydrogens is 267 g/mol. The van der Waals surface area contributed by atoms with Gasteiger partial charge in [-0.05, 0) is 18.1 Å². The van der Waals surface area contributed by atoms with Gasteiger partial charge in [-0.2, -0.15) is 0 Å². The Labute approximate surface area is 126 Å².